The number of amides is 1. The average molecular weight is 427 g/mol. The molecule has 1 atom stereocenters. The third kappa shape index (κ3) is 5.07. The van der Waals surface area contributed by atoms with Crippen LogP contribution in [-0.4, -0.2) is 33.0 Å². The summed E-state index contributed by atoms with van der Waals surface area (Å²) in [5.41, 5.74) is 0.821. The molecule has 0 spiro atoms. The van der Waals surface area contributed by atoms with Crippen LogP contribution in [0.1, 0.15) is 12.7 Å². The van der Waals surface area contributed by atoms with Crippen molar-refractivity contribution in [1.29, 1.82) is 0 Å². The van der Waals surface area contributed by atoms with Crippen molar-refractivity contribution in [3.8, 4) is 5.75 Å². The number of nitrogens with zero attached hydrogens (tertiary/aromatic N) is 4. The van der Waals surface area contributed by atoms with Gasteiger partial charge in [0.2, 0.25) is 5.91 Å². The lowest BCUT2D eigenvalue weighted by atomic mass is 10.3. The molecule has 0 saturated heterocycles. The van der Waals surface area contributed by atoms with Gasteiger partial charge in [0.25, 0.3) is 0 Å². The summed E-state index contributed by atoms with van der Waals surface area (Å²) in [5.74, 6) is 0.179. The van der Waals surface area contributed by atoms with Gasteiger partial charge < -0.3 is 9.64 Å². The quantitative estimate of drug-likeness (QED) is 0.377. The standard InChI is InChI=1S/C22H23FN4O2S/c1-4-14-27-20(15-29-19-13-9-8-12-18(19)23)24-25-22(27)30-16(2)21(28)26(3)17-10-6-5-7-11-17/h4-13,16H,1,14-15H2,2-3H3/t16-/m1/s1. The van der Waals surface area contributed by atoms with Crippen LogP contribution < -0.4 is 9.64 Å². The van der Waals surface area contributed by atoms with Crippen LogP contribution in [0.2, 0.25) is 0 Å². The molecule has 156 valence electrons. The molecular weight excluding hydrogens is 403 g/mol. The van der Waals surface area contributed by atoms with Crippen molar-refractivity contribution in [2.45, 2.75) is 30.5 Å². The molecule has 0 fully saturated rings. The number of para-hydroxylation sites is 2. The minimum Gasteiger partial charge on any atom is -0.483 e. The van der Waals surface area contributed by atoms with E-state index in [1.54, 1.807) is 36.2 Å². The summed E-state index contributed by atoms with van der Waals surface area (Å²) in [4.78, 5) is 14.5. The third-order valence-electron chi connectivity index (χ3n) is 4.40. The first-order valence-electron chi connectivity index (χ1n) is 9.40. The molecule has 1 heterocycles. The van der Waals surface area contributed by atoms with E-state index < -0.39 is 5.82 Å². The SMILES string of the molecule is C=CCn1c(COc2ccccc2F)nnc1S[C@H](C)C(=O)N(C)c1ccccc1. The van der Waals surface area contributed by atoms with E-state index in [1.807, 2.05) is 41.8 Å². The van der Waals surface area contributed by atoms with E-state index >= 15 is 0 Å². The van der Waals surface area contributed by atoms with Gasteiger partial charge in [-0.15, -0.1) is 16.8 Å². The lowest BCUT2D eigenvalue weighted by Gasteiger charge is -2.21. The van der Waals surface area contributed by atoms with Gasteiger partial charge in [-0.2, -0.15) is 0 Å². The fourth-order valence-electron chi connectivity index (χ4n) is 2.79. The number of benzene rings is 2. The average Bonchev–Trinajstić information content (AvgIpc) is 3.14. The number of carbonyl (C=O) groups is 1. The maximum atomic E-state index is 13.8. The van der Waals surface area contributed by atoms with Crippen molar-refractivity contribution in [3.63, 3.8) is 0 Å². The summed E-state index contributed by atoms with van der Waals surface area (Å²) in [6.07, 6.45) is 1.71. The first kappa shape index (κ1) is 21.6. The molecule has 0 radical (unpaired) electrons. The van der Waals surface area contributed by atoms with Crippen LogP contribution in [-0.2, 0) is 17.9 Å². The van der Waals surface area contributed by atoms with E-state index in [0.29, 0.717) is 17.5 Å². The fraction of sp³-hybridized carbons (Fsp3) is 0.227. The molecule has 0 saturated carbocycles. The zero-order valence-electron chi connectivity index (χ0n) is 16.9. The first-order chi connectivity index (χ1) is 14.5. The highest BCUT2D eigenvalue weighted by Gasteiger charge is 2.23. The molecule has 2 aromatic carbocycles. The van der Waals surface area contributed by atoms with Crippen LogP contribution in [0.4, 0.5) is 10.1 Å². The normalized spacial score (nSPS) is 11.7. The topological polar surface area (TPSA) is 60.2 Å². The summed E-state index contributed by atoms with van der Waals surface area (Å²) in [6, 6.07) is 15.6. The number of hydrogen-bond acceptors (Lipinski definition) is 5. The van der Waals surface area contributed by atoms with Gasteiger partial charge in [0, 0.05) is 19.3 Å². The third-order valence-corrected chi connectivity index (χ3v) is 5.47. The van der Waals surface area contributed by atoms with E-state index in [1.165, 1.54) is 17.8 Å². The summed E-state index contributed by atoms with van der Waals surface area (Å²) in [5, 5.41) is 8.56. The summed E-state index contributed by atoms with van der Waals surface area (Å²) in [7, 11) is 1.75. The summed E-state index contributed by atoms with van der Waals surface area (Å²) < 4.78 is 21.2. The van der Waals surface area contributed by atoms with Crippen LogP contribution in [0.25, 0.3) is 0 Å². The molecule has 6 nitrogen and oxygen atoms in total. The Kier molecular flexibility index (Phi) is 7.24. The Morgan fingerprint density at radius 3 is 2.63 bits per heavy atom. The van der Waals surface area contributed by atoms with Gasteiger partial charge in [-0.1, -0.05) is 48.2 Å². The maximum absolute atomic E-state index is 13.8. The number of hydrogen-bond donors (Lipinski definition) is 0. The Morgan fingerprint density at radius 1 is 1.23 bits per heavy atom. The van der Waals surface area contributed by atoms with Gasteiger partial charge in [-0.25, -0.2) is 4.39 Å². The van der Waals surface area contributed by atoms with Gasteiger partial charge in [-0.3, -0.25) is 9.36 Å². The van der Waals surface area contributed by atoms with Crippen LogP contribution in [0, 0.1) is 5.82 Å². The lowest BCUT2D eigenvalue weighted by molar-refractivity contribution is -0.117. The fourth-order valence-corrected chi connectivity index (χ4v) is 3.76. The monoisotopic (exact) mass is 426 g/mol. The summed E-state index contributed by atoms with van der Waals surface area (Å²) >= 11 is 1.31. The van der Waals surface area contributed by atoms with Crippen molar-refractivity contribution < 1.29 is 13.9 Å². The molecule has 0 aliphatic heterocycles. The molecule has 0 N–H and O–H groups in total. The highest BCUT2D eigenvalue weighted by atomic mass is 32.2. The number of anilines is 1. The predicted molar refractivity (Wildman–Crippen MR) is 116 cm³/mol. The van der Waals surface area contributed by atoms with E-state index in [-0.39, 0.29) is 23.5 Å². The number of thioether (sulfide) groups is 1. The van der Waals surface area contributed by atoms with Crippen molar-refractivity contribution in [3.05, 3.63) is 78.9 Å². The highest BCUT2D eigenvalue weighted by Crippen LogP contribution is 2.26. The molecule has 1 amide bonds. The molecule has 3 rings (SSSR count). The van der Waals surface area contributed by atoms with Crippen molar-refractivity contribution in [2.24, 2.45) is 0 Å². The Hall–Kier alpha value is -3.13. The van der Waals surface area contributed by atoms with Crippen LogP contribution in [0.3, 0.4) is 0 Å². The summed E-state index contributed by atoms with van der Waals surface area (Å²) in [6.45, 7) is 6.09. The highest BCUT2D eigenvalue weighted by molar-refractivity contribution is 8.00. The molecular formula is C22H23FN4O2S. The van der Waals surface area contributed by atoms with Gasteiger partial charge in [0.1, 0.15) is 6.61 Å². The number of ether oxygens (including phenoxy) is 1. The number of aromatic nitrogens is 3. The smallest absolute Gasteiger partial charge is 0.240 e. The van der Waals surface area contributed by atoms with Crippen molar-refractivity contribution in [1.82, 2.24) is 14.8 Å². The Balaban J connectivity index is 1.71. The molecule has 1 aromatic heterocycles. The van der Waals surface area contributed by atoms with Gasteiger partial charge in [-0.05, 0) is 31.2 Å². The lowest BCUT2D eigenvalue weighted by Crippen LogP contribution is -2.33. The van der Waals surface area contributed by atoms with Gasteiger partial charge in [0.05, 0.1) is 5.25 Å². The molecule has 0 aliphatic carbocycles. The Morgan fingerprint density at radius 2 is 1.93 bits per heavy atom. The van der Waals surface area contributed by atoms with Crippen LogP contribution in [0.15, 0.2) is 72.4 Å². The molecule has 0 bridgehead atoms. The Labute approximate surface area is 179 Å². The molecule has 8 heteroatoms. The minimum atomic E-state index is -0.440. The van der Waals surface area contributed by atoms with Gasteiger partial charge >= 0.3 is 0 Å². The molecule has 3 aromatic rings. The maximum Gasteiger partial charge on any atom is 0.240 e. The van der Waals surface area contributed by atoms with E-state index in [2.05, 4.69) is 16.8 Å². The molecule has 0 unspecified atom stereocenters. The molecule has 30 heavy (non-hydrogen) atoms. The van der Waals surface area contributed by atoms with Crippen molar-refractivity contribution in [2.75, 3.05) is 11.9 Å². The number of rotatable bonds is 9. The number of allylic oxidation sites excluding steroid dienone is 1. The zero-order valence-corrected chi connectivity index (χ0v) is 17.7. The van der Waals surface area contributed by atoms with Gasteiger partial charge in [0.15, 0.2) is 22.5 Å². The molecule has 0 aliphatic rings. The number of carbonyl (C=O) groups excluding carboxylic acids is 1. The van der Waals surface area contributed by atoms with E-state index in [0.717, 1.165) is 5.69 Å². The first-order valence-corrected chi connectivity index (χ1v) is 10.3. The second-order valence-corrected chi connectivity index (χ2v) is 7.82. The van der Waals surface area contributed by atoms with Crippen LogP contribution >= 0.6 is 11.8 Å². The van der Waals surface area contributed by atoms with Crippen LogP contribution in [0.5, 0.6) is 5.75 Å². The predicted octanol–water partition coefficient (Wildman–Crippen LogP) is 4.33. The number of halogens is 1. The largest absolute Gasteiger partial charge is 0.483 e. The zero-order chi connectivity index (χ0) is 21.5. The Bertz CT molecular complexity index is 1010. The van der Waals surface area contributed by atoms with E-state index in [4.69, 9.17) is 4.74 Å². The minimum absolute atomic E-state index is 0.0502. The van der Waals surface area contributed by atoms with Crippen molar-refractivity contribution >= 4 is 23.4 Å². The second kappa shape index (κ2) is 10.1. The van der Waals surface area contributed by atoms with E-state index in [9.17, 15) is 9.18 Å². The second-order valence-electron chi connectivity index (χ2n) is 6.51.